The molecule has 1 aliphatic heterocycles. The van der Waals surface area contributed by atoms with Crippen LogP contribution in [0.2, 0.25) is 0 Å². The van der Waals surface area contributed by atoms with Crippen LogP contribution >= 0.6 is 0 Å². The number of nitrogens with one attached hydrogen (secondary N) is 1. The second-order valence-electron chi connectivity index (χ2n) is 5.64. The maximum atomic E-state index is 5.85. The minimum Gasteiger partial charge on any atom is -0.374 e. The van der Waals surface area contributed by atoms with Crippen molar-refractivity contribution in [2.24, 2.45) is 5.84 Å². The van der Waals surface area contributed by atoms with E-state index in [2.05, 4.69) is 35.6 Å². The second kappa shape index (κ2) is 6.49. The Kier molecular flexibility index (Phi) is 4.45. The van der Waals surface area contributed by atoms with E-state index in [1.807, 2.05) is 18.2 Å². The highest BCUT2D eigenvalue weighted by atomic mass is 16.5. The van der Waals surface area contributed by atoms with Gasteiger partial charge in [-0.2, -0.15) is 0 Å². The normalized spacial score (nSPS) is 21.5. The Morgan fingerprint density at radius 2 is 2.24 bits per heavy atom. The molecule has 1 saturated heterocycles. The molecule has 0 bridgehead atoms. The summed E-state index contributed by atoms with van der Waals surface area (Å²) in [5, 5.41) is 1.16. The van der Waals surface area contributed by atoms with E-state index >= 15 is 0 Å². The Balaban J connectivity index is 1.75. The average Bonchev–Trinajstić information content (AvgIpc) is 2.52. The molecule has 5 heteroatoms. The van der Waals surface area contributed by atoms with Gasteiger partial charge in [0, 0.05) is 30.6 Å². The van der Waals surface area contributed by atoms with E-state index in [0.717, 1.165) is 42.7 Å². The summed E-state index contributed by atoms with van der Waals surface area (Å²) in [5.74, 6) is 5.73. The summed E-state index contributed by atoms with van der Waals surface area (Å²) in [4.78, 5) is 6.98. The zero-order chi connectivity index (χ0) is 14.7. The molecule has 1 fully saturated rings. The van der Waals surface area contributed by atoms with Gasteiger partial charge in [0.05, 0.1) is 24.3 Å². The molecule has 0 saturated carbocycles. The van der Waals surface area contributed by atoms with Gasteiger partial charge in [-0.3, -0.25) is 16.3 Å². The molecule has 1 aliphatic rings. The second-order valence-corrected chi connectivity index (χ2v) is 5.64. The van der Waals surface area contributed by atoms with Crippen molar-refractivity contribution >= 4 is 10.9 Å². The maximum Gasteiger partial charge on any atom is 0.0872 e. The van der Waals surface area contributed by atoms with Crippen LogP contribution in [-0.2, 0) is 11.2 Å². The van der Waals surface area contributed by atoms with Crippen molar-refractivity contribution in [1.29, 1.82) is 0 Å². The number of para-hydroxylation sites is 1. The number of nitrogens with zero attached hydrogens (tertiary/aromatic N) is 2. The lowest BCUT2D eigenvalue weighted by Gasteiger charge is -2.34. The van der Waals surface area contributed by atoms with Gasteiger partial charge in [0.2, 0.25) is 0 Å². The molecular formula is C16H22N4O. The van der Waals surface area contributed by atoms with Crippen LogP contribution in [0.5, 0.6) is 0 Å². The minimum atomic E-state index is 0.0708. The van der Waals surface area contributed by atoms with Crippen molar-refractivity contribution in [3.05, 3.63) is 42.1 Å². The predicted octanol–water partition coefficient (Wildman–Crippen LogP) is 0.940. The summed E-state index contributed by atoms with van der Waals surface area (Å²) in [6, 6.07) is 12.4. The highest BCUT2D eigenvalue weighted by Crippen LogP contribution is 2.15. The Hall–Kier alpha value is -1.53. The number of hydrazine groups is 1. The number of hydrogen-bond acceptors (Lipinski definition) is 5. The lowest BCUT2D eigenvalue weighted by Crippen LogP contribution is -2.54. The highest BCUT2D eigenvalue weighted by molar-refractivity contribution is 5.78. The van der Waals surface area contributed by atoms with Crippen molar-refractivity contribution in [3.63, 3.8) is 0 Å². The number of pyridine rings is 1. The van der Waals surface area contributed by atoms with Crippen LogP contribution in [0.25, 0.3) is 10.9 Å². The lowest BCUT2D eigenvalue weighted by molar-refractivity contribution is -0.0385. The summed E-state index contributed by atoms with van der Waals surface area (Å²) < 4.78 is 5.85. The van der Waals surface area contributed by atoms with E-state index < -0.39 is 0 Å². The Morgan fingerprint density at radius 3 is 3.05 bits per heavy atom. The third-order valence-corrected chi connectivity index (χ3v) is 4.04. The number of fused-ring (bicyclic) bond motifs is 1. The first-order valence-corrected chi connectivity index (χ1v) is 7.37. The van der Waals surface area contributed by atoms with E-state index in [4.69, 9.17) is 15.6 Å². The first-order valence-electron chi connectivity index (χ1n) is 7.37. The Labute approximate surface area is 125 Å². The molecule has 0 spiro atoms. The van der Waals surface area contributed by atoms with E-state index in [9.17, 15) is 0 Å². The number of morpholine rings is 1. The number of rotatable bonds is 4. The van der Waals surface area contributed by atoms with Crippen LogP contribution in [0.4, 0.5) is 0 Å². The molecule has 2 aromatic rings. The van der Waals surface area contributed by atoms with Gasteiger partial charge in [-0.25, -0.2) is 0 Å². The molecule has 0 aliphatic carbocycles. The third kappa shape index (κ3) is 3.39. The molecule has 2 unspecified atom stereocenters. The van der Waals surface area contributed by atoms with Crippen molar-refractivity contribution < 1.29 is 4.74 Å². The monoisotopic (exact) mass is 286 g/mol. The molecule has 2 heterocycles. The van der Waals surface area contributed by atoms with Crippen molar-refractivity contribution in [3.8, 4) is 0 Å². The zero-order valence-corrected chi connectivity index (χ0v) is 12.3. The molecule has 2 atom stereocenters. The topological polar surface area (TPSA) is 63.4 Å². The van der Waals surface area contributed by atoms with Gasteiger partial charge in [-0.05, 0) is 19.2 Å². The molecule has 0 radical (unpaired) electrons. The molecular weight excluding hydrogens is 264 g/mol. The molecule has 0 amide bonds. The standard InChI is InChI=1S/C16H22N4O/c1-20-8-9-21-16(11-20)15(19-17)10-13-7-6-12-4-2-3-5-14(12)18-13/h2-7,15-16,19H,8-11,17H2,1H3. The van der Waals surface area contributed by atoms with Gasteiger partial charge in [0.1, 0.15) is 0 Å². The van der Waals surface area contributed by atoms with Gasteiger partial charge < -0.3 is 9.64 Å². The number of ether oxygens (including phenoxy) is 1. The number of nitrogens with two attached hydrogens (primary N) is 1. The summed E-state index contributed by atoms with van der Waals surface area (Å²) in [6.45, 7) is 2.62. The van der Waals surface area contributed by atoms with Gasteiger partial charge >= 0.3 is 0 Å². The first-order chi connectivity index (χ1) is 10.3. The Morgan fingerprint density at radius 1 is 1.38 bits per heavy atom. The quantitative estimate of drug-likeness (QED) is 0.647. The molecule has 112 valence electrons. The molecule has 1 aromatic heterocycles. The highest BCUT2D eigenvalue weighted by Gasteiger charge is 2.26. The van der Waals surface area contributed by atoms with Crippen LogP contribution in [0.1, 0.15) is 5.69 Å². The van der Waals surface area contributed by atoms with Crippen molar-refractivity contribution in [1.82, 2.24) is 15.3 Å². The summed E-state index contributed by atoms with van der Waals surface area (Å²) in [6.07, 6.45) is 0.863. The fourth-order valence-electron chi connectivity index (χ4n) is 2.80. The predicted molar refractivity (Wildman–Crippen MR) is 83.8 cm³/mol. The van der Waals surface area contributed by atoms with Crippen LogP contribution in [0.3, 0.4) is 0 Å². The van der Waals surface area contributed by atoms with Crippen molar-refractivity contribution in [2.45, 2.75) is 18.6 Å². The zero-order valence-electron chi connectivity index (χ0n) is 12.3. The van der Waals surface area contributed by atoms with Gasteiger partial charge in [0.25, 0.3) is 0 Å². The van der Waals surface area contributed by atoms with Crippen LogP contribution in [0.15, 0.2) is 36.4 Å². The van der Waals surface area contributed by atoms with Crippen LogP contribution < -0.4 is 11.3 Å². The summed E-state index contributed by atoms with van der Waals surface area (Å²) >= 11 is 0. The number of likely N-dealkylation sites (N-methyl/N-ethyl adjacent to an activating group) is 1. The molecule has 3 N–H and O–H groups in total. The molecule has 1 aromatic carbocycles. The average molecular weight is 286 g/mol. The number of benzene rings is 1. The van der Waals surface area contributed by atoms with Gasteiger partial charge in [0.15, 0.2) is 0 Å². The van der Waals surface area contributed by atoms with E-state index in [1.165, 1.54) is 0 Å². The SMILES string of the molecule is CN1CCOC(C(Cc2ccc3ccccc3n2)NN)C1. The number of aromatic nitrogens is 1. The minimum absolute atomic E-state index is 0.0708. The van der Waals surface area contributed by atoms with Crippen LogP contribution in [0, 0.1) is 0 Å². The lowest BCUT2D eigenvalue weighted by atomic mass is 10.0. The summed E-state index contributed by atoms with van der Waals surface area (Å²) in [5.41, 5.74) is 4.95. The summed E-state index contributed by atoms with van der Waals surface area (Å²) in [7, 11) is 2.11. The first kappa shape index (κ1) is 14.4. The smallest absolute Gasteiger partial charge is 0.0872 e. The van der Waals surface area contributed by atoms with Crippen LogP contribution in [-0.4, -0.2) is 48.8 Å². The molecule has 5 nitrogen and oxygen atoms in total. The fraction of sp³-hybridized carbons (Fsp3) is 0.438. The number of hydrogen-bond donors (Lipinski definition) is 2. The van der Waals surface area contributed by atoms with Gasteiger partial charge in [-0.1, -0.05) is 24.3 Å². The molecule has 3 rings (SSSR count). The maximum absolute atomic E-state index is 5.85. The van der Waals surface area contributed by atoms with E-state index in [0.29, 0.717) is 0 Å². The van der Waals surface area contributed by atoms with E-state index in [-0.39, 0.29) is 12.1 Å². The van der Waals surface area contributed by atoms with Crippen molar-refractivity contribution in [2.75, 3.05) is 26.7 Å². The third-order valence-electron chi connectivity index (χ3n) is 4.04. The van der Waals surface area contributed by atoms with Gasteiger partial charge in [-0.15, -0.1) is 0 Å². The molecule has 21 heavy (non-hydrogen) atoms. The van der Waals surface area contributed by atoms with E-state index in [1.54, 1.807) is 0 Å². The largest absolute Gasteiger partial charge is 0.374 e. The fourth-order valence-corrected chi connectivity index (χ4v) is 2.80. The Bertz CT molecular complexity index is 604.